The van der Waals surface area contributed by atoms with Crippen LogP contribution in [0, 0.1) is 0 Å². The zero-order valence-corrected chi connectivity index (χ0v) is 10.2. The number of hydrogen-bond acceptors (Lipinski definition) is 3. The number of nitrogens with one attached hydrogen (secondary N) is 2. The van der Waals surface area contributed by atoms with Gasteiger partial charge in [0.15, 0.2) is 0 Å². The summed E-state index contributed by atoms with van der Waals surface area (Å²) in [5.41, 5.74) is 2.71. The van der Waals surface area contributed by atoms with E-state index >= 15 is 0 Å². The lowest BCUT2D eigenvalue weighted by atomic mass is 10.2. The monoisotopic (exact) mass is 241 g/mol. The Morgan fingerprint density at radius 1 is 1.22 bits per heavy atom. The molecule has 4 heteroatoms. The van der Waals surface area contributed by atoms with Crippen molar-refractivity contribution in [2.45, 2.75) is 6.54 Å². The number of hydrogen-bond donors (Lipinski definition) is 2. The van der Waals surface area contributed by atoms with Crippen molar-refractivity contribution in [2.24, 2.45) is 0 Å². The Morgan fingerprint density at radius 2 is 2.00 bits per heavy atom. The zero-order chi connectivity index (χ0) is 12.8. The van der Waals surface area contributed by atoms with Gasteiger partial charge in [-0.05, 0) is 29.8 Å². The van der Waals surface area contributed by atoms with Crippen LogP contribution in [0.15, 0.2) is 48.8 Å². The predicted molar refractivity (Wildman–Crippen MR) is 71.4 cm³/mol. The van der Waals surface area contributed by atoms with E-state index in [0.29, 0.717) is 12.1 Å². The quantitative estimate of drug-likeness (QED) is 0.861. The molecule has 0 aliphatic heterocycles. The van der Waals surface area contributed by atoms with Gasteiger partial charge in [0.25, 0.3) is 5.91 Å². The average Bonchev–Trinajstić information content (AvgIpc) is 2.46. The van der Waals surface area contributed by atoms with E-state index in [2.05, 4.69) is 15.6 Å². The van der Waals surface area contributed by atoms with Crippen molar-refractivity contribution in [3.8, 4) is 0 Å². The largest absolute Gasteiger partial charge is 0.388 e. The van der Waals surface area contributed by atoms with Crippen molar-refractivity contribution in [3.05, 3.63) is 59.9 Å². The van der Waals surface area contributed by atoms with Crippen LogP contribution in [0.3, 0.4) is 0 Å². The van der Waals surface area contributed by atoms with Crippen LogP contribution in [0.5, 0.6) is 0 Å². The average molecular weight is 241 g/mol. The Labute approximate surface area is 106 Å². The molecule has 0 saturated carbocycles. The summed E-state index contributed by atoms with van der Waals surface area (Å²) >= 11 is 0. The van der Waals surface area contributed by atoms with Crippen molar-refractivity contribution < 1.29 is 4.79 Å². The summed E-state index contributed by atoms with van der Waals surface area (Å²) in [5.74, 6) is -0.0905. The number of nitrogens with zero attached hydrogens (tertiary/aromatic N) is 1. The maximum Gasteiger partial charge on any atom is 0.251 e. The standard InChI is InChI=1S/C14H15N3O/c1-15-13-4-2-3-11(9-13)10-17-14(18)12-5-7-16-8-6-12/h2-9,15H,10H2,1H3,(H,17,18). The van der Waals surface area contributed by atoms with Gasteiger partial charge in [-0.1, -0.05) is 12.1 Å². The van der Waals surface area contributed by atoms with E-state index < -0.39 is 0 Å². The molecule has 2 rings (SSSR count). The molecule has 1 amide bonds. The minimum absolute atomic E-state index is 0.0905. The van der Waals surface area contributed by atoms with Crippen molar-refractivity contribution in [2.75, 3.05) is 12.4 Å². The van der Waals surface area contributed by atoms with Gasteiger partial charge >= 0.3 is 0 Å². The number of aromatic nitrogens is 1. The maximum absolute atomic E-state index is 11.8. The molecule has 0 unspecified atom stereocenters. The molecule has 4 nitrogen and oxygen atoms in total. The minimum atomic E-state index is -0.0905. The van der Waals surface area contributed by atoms with E-state index in [1.54, 1.807) is 24.5 Å². The summed E-state index contributed by atoms with van der Waals surface area (Å²) in [6.07, 6.45) is 3.22. The lowest BCUT2D eigenvalue weighted by molar-refractivity contribution is 0.0951. The number of carbonyl (C=O) groups is 1. The van der Waals surface area contributed by atoms with Gasteiger partial charge in [0.1, 0.15) is 0 Å². The van der Waals surface area contributed by atoms with Gasteiger partial charge in [-0.2, -0.15) is 0 Å². The van der Waals surface area contributed by atoms with Crippen molar-refractivity contribution in [3.63, 3.8) is 0 Å². The highest BCUT2D eigenvalue weighted by atomic mass is 16.1. The lowest BCUT2D eigenvalue weighted by Crippen LogP contribution is -2.22. The molecule has 0 aliphatic carbocycles. The molecule has 18 heavy (non-hydrogen) atoms. The van der Waals surface area contributed by atoms with Gasteiger partial charge in [0.2, 0.25) is 0 Å². The highest BCUT2D eigenvalue weighted by Crippen LogP contribution is 2.09. The van der Waals surface area contributed by atoms with Gasteiger partial charge in [-0.15, -0.1) is 0 Å². The molecule has 1 aromatic carbocycles. The summed E-state index contributed by atoms with van der Waals surface area (Å²) in [7, 11) is 1.87. The first-order valence-electron chi connectivity index (χ1n) is 5.74. The van der Waals surface area contributed by atoms with Gasteiger partial charge in [0.05, 0.1) is 0 Å². The van der Waals surface area contributed by atoms with E-state index in [0.717, 1.165) is 11.3 Å². The SMILES string of the molecule is CNc1cccc(CNC(=O)c2ccncc2)c1. The molecule has 1 aromatic heterocycles. The third-order valence-corrected chi connectivity index (χ3v) is 2.61. The Morgan fingerprint density at radius 3 is 2.72 bits per heavy atom. The lowest BCUT2D eigenvalue weighted by Gasteiger charge is -2.07. The van der Waals surface area contributed by atoms with Crippen molar-refractivity contribution >= 4 is 11.6 Å². The molecular weight excluding hydrogens is 226 g/mol. The third kappa shape index (κ3) is 3.07. The molecule has 0 radical (unpaired) electrons. The van der Waals surface area contributed by atoms with Crippen molar-refractivity contribution in [1.82, 2.24) is 10.3 Å². The second kappa shape index (κ2) is 5.82. The number of amides is 1. The second-order valence-corrected chi connectivity index (χ2v) is 3.87. The molecule has 0 atom stereocenters. The van der Waals surface area contributed by atoms with Gasteiger partial charge < -0.3 is 10.6 Å². The van der Waals surface area contributed by atoms with Crippen molar-refractivity contribution in [1.29, 1.82) is 0 Å². The van der Waals surface area contributed by atoms with Gasteiger partial charge in [0, 0.05) is 37.2 Å². The summed E-state index contributed by atoms with van der Waals surface area (Å²) in [6.45, 7) is 0.511. The smallest absolute Gasteiger partial charge is 0.251 e. The number of benzene rings is 1. The van der Waals surface area contributed by atoms with Crippen LogP contribution in [0.25, 0.3) is 0 Å². The third-order valence-electron chi connectivity index (χ3n) is 2.61. The Balaban J connectivity index is 1.97. The number of anilines is 1. The fraction of sp³-hybridized carbons (Fsp3) is 0.143. The van der Waals surface area contributed by atoms with Crippen LogP contribution in [-0.4, -0.2) is 17.9 Å². The van der Waals surface area contributed by atoms with Crippen LogP contribution in [0.2, 0.25) is 0 Å². The first-order valence-corrected chi connectivity index (χ1v) is 5.74. The molecule has 2 N–H and O–H groups in total. The van der Waals surface area contributed by atoms with Crippen LogP contribution in [-0.2, 0) is 6.54 Å². The Bertz CT molecular complexity index is 526. The second-order valence-electron chi connectivity index (χ2n) is 3.87. The summed E-state index contributed by atoms with van der Waals surface area (Å²) in [5, 5.41) is 5.94. The highest BCUT2D eigenvalue weighted by Gasteiger charge is 2.04. The van der Waals surface area contributed by atoms with Crippen LogP contribution < -0.4 is 10.6 Å². The van der Waals surface area contributed by atoms with Crippen LogP contribution in [0.1, 0.15) is 15.9 Å². The topological polar surface area (TPSA) is 54.0 Å². The Hall–Kier alpha value is -2.36. The van der Waals surface area contributed by atoms with Gasteiger partial charge in [-0.25, -0.2) is 0 Å². The van der Waals surface area contributed by atoms with E-state index in [4.69, 9.17) is 0 Å². The summed E-state index contributed by atoms with van der Waals surface area (Å²) in [4.78, 5) is 15.7. The summed E-state index contributed by atoms with van der Waals surface area (Å²) < 4.78 is 0. The van der Waals surface area contributed by atoms with E-state index in [9.17, 15) is 4.79 Å². The molecule has 0 saturated heterocycles. The number of pyridine rings is 1. The first-order chi connectivity index (χ1) is 8.79. The molecule has 0 bridgehead atoms. The van der Waals surface area contributed by atoms with Gasteiger partial charge in [-0.3, -0.25) is 9.78 Å². The van der Waals surface area contributed by atoms with Crippen LogP contribution in [0.4, 0.5) is 5.69 Å². The molecule has 0 aliphatic rings. The fourth-order valence-electron chi connectivity index (χ4n) is 1.62. The molecule has 92 valence electrons. The summed E-state index contributed by atoms with van der Waals surface area (Å²) in [6, 6.07) is 11.3. The van der Waals surface area contributed by atoms with E-state index in [-0.39, 0.29) is 5.91 Å². The molecule has 2 aromatic rings. The fourth-order valence-corrected chi connectivity index (χ4v) is 1.62. The molecule has 1 heterocycles. The number of carbonyl (C=O) groups excluding carboxylic acids is 1. The Kier molecular flexibility index (Phi) is 3.91. The van der Waals surface area contributed by atoms with Crippen LogP contribution >= 0.6 is 0 Å². The normalized spacial score (nSPS) is 9.83. The number of rotatable bonds is 4. The van der Waals surface area contributed by atoms with E-state index in [1.807, 2.05) is 31.3 Å². The molecule has 0 fully saturated rings. The maximum atomic E-state index is 11.8. The highest BCUT2D eigenvalue weighted by molar-refractivity contribution is 5.93. The zero-order valence-electron chi connectivity index (χ0n) is 10.2. The molecule has 0 spiro atoms. The first kappa shape index (κ1) is 12.1. The van der Waals surface area contributed by atoms with E-state index in [1.165, 1.54) is 0 Å². The minimum Gasteiger partial charge on any atom is -0.388 e. The molecular formula is C14H15N3O. The predicted octanol–water partition coefficient (Wildman–Crippen LogP) is 2.05.